The van der Waals surface area contributed by atoms with E-state index < -0.39 is 12.6 Å². The number of carbonyl (C=O) groups is 1. The fourth-order valence-electron chi connectivity index (χ4n) is 2.67. The summed E-state index contributed by atoms with van der Waals surface area (Å²) in [5, 5.41) is 0. The number of benzene rings is 2. The van der Waals surface area contributed by atoms with Crippen LogP contribution in [0.15, 0.2) is 48.5 Å². The topological polar surface area (TPSA) is 48.0 Å². The van der Waals surface area contributed by atoms with Crippen LogP contribution < -0.4 is 19.1 Å². The van der Waals surface area contributed by atoms with E-state index in [2.05, 4.69) is 0 Å². The molecule has 2 aromatic rings. The first-order valence-electron chi connectivity index (χ1n) is 9.21. The number of para-hydroxylation sites is 2. The van der Waals surface area contributed by atoms with Crippen LogP contribution in [-0.2, 0) is 4.79 Å². The lowest BCUT2D eigenvalue weighted by molar-refractivity contribution is -0.136. The van der Waals surface area contributed by atoms with Crippen LogP contribution in [0, 0.1) is 0 Å². The van der Waals surface area contributed by atoms with E-state index in [0.717, 1.165) is 5.56 Å². The zero-order chi connectivity index (χ0) is 22.1. The van der Waals surface area contributed by atoms with Gasteiger partial charge in [-0.05, 0) is 42.3 Å². The van der Waals surface area contributed by atoms with Crippen LogP contribution in [0.2, 0.25) is 0 Å². The largest absolute Gasteiger partial charge is 0.493 e. The summed E-state index contributed by atoms with van der Waals surface area (Å²) in [6, 6.07) is 12.0. The number of alkyl halides is 3. The summed E-state index contributed by atoms with van der Waals surface area (Å²) < 4.78 is 52.7. The van der Waals surface area contributed by atoms with Gasteiger partial charge in [0.15, 0.2) is 11.5 Å². The normalized spacial score (nSPS) is 11.4. The van der Waals surface area contributed by atoms with E-state index in [1.165, 1.54) is 25.2 Å². The van der Waals surface area contributed by atoms with Gasteiger partial charge in [0.1, 0.15) is 5.75 Å². The molecule has 0 aliphatic rings. The second kappa shape index (κ2) is 10.6. The summed E-state index contributed by atoms with van der Waals surface area (Å²) in [5.41, 5.74) is 1.21. The highest BCUT2D eigenvalue weighted by Crippen LogP contribution is 2.30. The first-order valence-corrected chi connectivity index (χ1v) is 9.21. The number of anilines is 1. The van der Waals surface area contributed by atoms with Crippen molar-refractivity contribution in [3.05, 3.63) is 54.1 Å². The van der Waals surface area contributed by atoms with Gasteiger partial charge in [0.05, 0.1) is 26.5 Å². The highest BCUT2D eigenvalue weighted by Gasteiger charge is 2.26. The minimum atomic E-state index is -4.22. The quantitative estimate of drug-likeness (QED) is 0.416. The molecule has 162 valence electrons. The average Bonchev–Trinajstić information content (AvgIpc) is 2.73. The molecule has 0 aliphatic heterocycles. The minimum Gasteiger partial charge on any atom is -0.493 e. The Morgan fingerprint density at radius 2 is 1.73 bits per heavy atom. The van der Waals surface area contributed by atoms with Crippen LogP contribution in [0.3, 0.4) is 0 Å². The maximum Gasteiger partial charge on any atom is 0.389 e. The third-order valence-corrected chi connectivity index (χ3v) is 4.25. The molecule has 0 atom stereocenters. The van der Waals surface area contributed by atoms with Gasteiger partial charge in [-0.15, -0.1) is 0 Å². The van der Waals surface area contributed by atoms with Crippen molar-refractivity contribution >= 4 is 17.7 Å². The van der Waals surface area contributed by atoms with Crippen molar-refractivity contribution in [1.82, 2.24) is 0 Å². The molecule has 0 fully saturated rings. The number of nitrogens with zero attached hydrogens (tertiary/aromatic N) is 1. The molecule has 0 radical (unpaired) electrons. The molecule has 2 rings (SSSR count). The third-order valence-electron chi connectivity index (χ3n) is 4.25. The Hall–Kier alpha value is -3.16. The van der Waals surface area contributed by atoms with Crippen LogP contribution in [0.1, 0.15) is 18.4 Å². The molecule has 0 heterocycles. The molecule has 0 aromatic heterocycles. The Morgan fingerprint density at radius 3 is 2.40 bits per heavy atom. The SMILES string of the molecule is COc1ccc(/C=C/C(=O)N(C)c2ccccc2OCCCC(F)(F)F)cc1OC. The molecule has 0 saturated carbocycles. The number of hydrogen-bond acceptors (Lipinski definition) is 4. The standard InChI is InChI=1S/C22H24F3NO4/c1-26(17-7-4-5-8-18(17)30-14-6-13-22(23,24)25)21(27)12-10-16-9-11-19(28-2)20(15-16)29-3/h4-5,7-12,15H,6,13-14H2,1-3H3/b12-10+. The Bertz CT molecular complexity index is 881. The summed E-state index contributed by atoms with van der Waals surface area (Å²) in [4.78, 5) is 14.0. The van der Waals surface area contributed by atoms with E-state index in [0.29, 0.717) is 22.9 Å². The Labute approximate surface area is 173 Å². The Balaban J connectivity index is 2.06. The monoisotopic (exact) mass is 423 g/mol. The second-order valence-electron chi connectivity index (χ2n) is 6.38. The van der Waals surface area contributed by atoms with E-state index in [-0.39, 0.29) is 18.9 Å². The van der Waals surface area contributed by atoms with Gasteiger partial charge in [0, 0.05) is 19.5 Å². The highest BCUT2D eigenvalue weighted by molar-refractivity contribution is 6.04. The predicted molar refractivity (Wildman–Crippen MR) is 109 cm³/mol. The third kappa shape index (κ3) is 6.72. The van der Waals surface area contributed by atoms with Gasteiger partial charge < -0.3 is 19.1 Å². The molecule has 30 heavy (non-hydrogen) atoms. The van der Waals surface area contributed by atoms with Crippen molar-refractivity contribution in [1.29, 1.82) is 0 Å². The first-order chi connectivity index (χ1) is 14.2. The molecular weight excluding hydrogens is 399 g/mol. The number of hydrogen-bond donors (Lipinski definition) is 0. The minimum absolute atomic E-state index is 0.0972. The number of rotatable bonds is 9. The zero-order valence-corrected chi connectivity index (χ0v) is 17.0. The maximum absolute atomic E-state index is 12.6. The number of methoxy groups -OCH3 is 2. The Kier molecular flexibility index (Phi) is 8.15. The molecule has 0 N–H and O–H groups in total. The maximum atomic E-state index is 12.6. The van der Waals surface area contributed by atoms with Gasteiger partial charge in [-0.25, -0.2) is 0 Å². The van der Waals surface area contributed by atoms with Gasteiger partial charge >= 0.3 is 6.18 Å². The molecule has 2 aromatic carbocycles. The average molecular weight is 423 g/mol. The van der Waals surface area contributed by atoms with Crippen molar-refractivity contribution in [2.75, 3.05) is 32.8 Å². The van der Waals surface area contributed by atoms with E-state index in [9.17, 15) is 18.0 Å². The van der Waals surface area contributed by atoms with E-state index in [4.69, 9.17) is 14.2 Å². The number of carbonyl (C=O) groups excluding carboxylic acids is 1. The van der Waals surface area contributed by atoms with Crippen LogP contribution >= 0.6 is 0 Å². The number of halogens is 3. The van der Waals surface area contributed by atoms with Gasteiger partial charge in [0.2, 0.25) is 0 Å². The Morgan fingerprint density at radius 1 is 1.03 bits per heavy atom. The first kappa shape index (κ1) is 23.1. The van der Waals surface area contributed by atoms with Crippen molar-refractivity contribution in [2.45, 2.75) is 19.0 Å². The van der Waals surface area contributed by atoms with Crippen molar-refractivity contribution in [2.24, 2.45) is 0 Å². The molecule has 0 aliphatic carbocycles. The fourth-order valence-corrected chi connectivity index (χ4v) is 2.67. The van der Waals surface area contributed by atoms with E-state index in [1.807, 2.05) is 0 Å². The van der Waals surface area contributed by atoms with Crippen molar-refractivity contribution in [3.63, 3.8) is 0 Å². The summed E-state index contributed by atoms with van der Waals surface area (Å²) in [7, 11) is 4.63. The summed E-state index contributed by atoms with van der Waals surface area (Å²) >= 11 is 0. The summed E-state index contributed by atoms with van der Waals surface area (Å²) in [6.45, 7) is -0.0972. The van der Waals surface area contributed by atoms with Crippen molar-refractivity contribution < 1.29 is 32.2 Å². The molecule has 8 heteroatoms. The van der Waals surface area contributed by atoms with E-state index in [1.54, 1.807) is 55.6 Å². The predicted octanol–water partition coefficient (Wildman–Crippen LogP) is 5.10. The lowest BCUT2D eigenvalue weighted by Crippen LogP contribution is -2.24. The molecule has 0 unspecified atom stereocenters. The van der Waals surface area contributed by atoms with Crippen LogP contribution in [0.5, 0.6) is 17.2 Å². The van der Waals surface area contributed by atoms with Gasteiger partial charge in [-0.1, -0.05) is 18.2 Å². The second-order valence-corrected chi connectivity index (χ2v) is 6.38. The van der Waals surface area contributed by atoms with Crippen LogP contribution in [0.25, 0.3) is 6.08 Å². The van der Waals surface area contributed by atoms with Gasteiger partial charge in [-0.3, -0.25) is 4.79 Å². The summed E-state index contributed by atoms with van der Waals surface area (Å²) in [5.74, 6) is 1.14. The summed E-state index contributed by atoms with van der Waals surface area (Å²) in [6.07, 6.45) is -2.27. The molecule has 1 amide bonds. The smallest absolute Gasteiger partial charge is 0.389 e. The molecule has 0 bridgehead atoms. The number of ether oxygens (including phenoxy) is 3. The number of likely N-dealkylation sites (N-methyl/N-ethyl adjacent to an activating group) is 1. The highest BCUT2D eigenvalue weighted by atomic mass is 19.4. The van der Waals surface area contributed by atoms with Crippen LogP contribution in [0.4, 0.5) is 18.9 Å². The zero-order valence-electron chi connectivity index (χ0n) is 17.0. The van der Waals surface area contributed by atoms with Gasteiger partial charge in [0.25, 0.3) is 5.91 Å². The molecule has 0 saturated heterocycles. The number of amides is 1. The fraction of sp³-hybridized carbons (Fsp3) is 0.318. The molecular formula is C22H24F3NO4. The van der Waals surface area contributed by atoms with Crippen LogP contribution in [-0.4, -0.2) is 40.0 Å². The van der Waals surface area contributed by atoms with Gasteiger partial charge in [-0.2, -0.15) is 13.2 Å². The van der Waals surface area contributed by atoms with E-state index >= 15 is 0 Å². The lowest BCUT2D eigenvalue weighted by atomic mass is 10.2. The molecule has 5 nitrogen and oxygen atoms in total. The van der Waals surface area contributed by atoms with Crippen molar-refractivity contribution in [3.8, 4) is 17.2 Å². The lowest BCUT2D eigenvalue weighted by Gasteiger charge is -2.19. The molecule has 0 spiro atoms.